The van der Waals surface area contributed by atoms with E-state index in [4.69, 9.17) is 0 Å². The second-order valence-electron chi connectivity index (χ2n) is 6.17. The molecule has 2 fully saturated rings. The summed E-state index contributed by atoms with van der Waals surface area (Å²) in [7, 11) is 0. The largest absolute Gasteiger partial charge is 0.394 e. The predicted octanol–water partition coefficient (Wildman–Crippen LogP) is 0.570. The van der Waals surface area contributed by atoms with Crippen LogP contribution in [0.2, 0.25) is 0 Å². The maximum absolute atomic E-state index is 12.3. The van der Waals surface area contributed by atoms with Crippen LogP contribution in [-0.2, 0) is 9.59 Å². The van der Waals surface area contributed by atoms with Crippen molar-refractivity contribution in [2.24, 2.45) is 11.8 Å². The van der Waals surface area contributed by atoms with E-state index in [0.29, 0.717) is 25.3 Å². The number of aliphatic hydroxyl groups excluding tert-OH is 1. The Hall–Kier alpha value is -1.10. The molecule has 19 heavy (non-hydrogen) atoms. The fourth-order valence-corrected chi connectivity index (χ4v) is 3.28. The van der Waals surface area contributed by atoms with Crippen molar-refractivity contribution < 1.29 is 14.7 Å². The molecule has 0 aromatic heterocycles. The van der Waals surface area contributed by atoms with Crippen molar-refractivity contribution in [2.45, 2.75) is 51.0 Å². The molecule has 3 N–H and O–H groups in total. The quantitative estimate of drug-likeness (QED) is 0.700. The van der Waals surface area contributed by atoms with Gasteiger partial charge in [0.1, 0.15) is 0 Å². The molecule has 1 saturated heterocycles. The zero-order valence-electron chi connectivity index (χ0n) is 11.6. The van der Waals surface area contributed by atoms with Gasteiger partial charge in [-0.3, -0.25) is 9.59 Å². The lowest BCUT2D eigenvalue weighted by Crippen LogP contribution is -2.56. The highest BCUT2D eigenvalue weighted by Gasteiger charge is 2.37. The minimum absolute atomic E-state index is 0.00214. The highest BCUT2D eigenvalue weighted by Crippen LogP contribution is 2.32. The number of nitrogens with one attached hydrogen (secondary N) is 2. The van der Waals surface area contributed by atoms with Gasteiger partial charge in [0, 0.05) is 13.0 Å². The minimum atomic E-state index is -0.448. The van der Waals surface area contributed by atoms with Crippen molar-refractivity contribution in [3.63, 3.8) is 0 Å². The van der Waals surface area contributed by atoms with E-state index in [9.17, 15) is 14.7 Å². The van der Waals surface area contributed by atoms with Gasteiger partial charge in [0.05, 0.1) is 18.1 Å². The average Bonchev–Trinajstić information content (AvgIpc) is 2.39. The van der Waals surface area contributed by atoms with Crippen molar-refractivity contribution >= 4 is 11.8 Å². The molecule has 0 aromatic rings. The molecule has 2 amide bonds. The molecule has 0 spiro atoms. The molecule has 2 aliphatic rings. The molecule has 1 aliphatic carbocycles. The van der Waals surface area contributed by atoms with Gasteiger partial charge in [0.25, 0.3) is 0 Å². The van der Waals surface area contributed by atoms with E-state index in [-0.39, 0.29) is 24.3 Å². The van der Waals surface area contributed by atoms with Gasteiger partial charge in [-0.15, -0.1) is 0 Å². The molecule has 108 valence electrons. The number of aliphatic hydroxyl groups is 1. The Balaban J connectivity index is 1.94. The third-order valence-corrected chi connectivity index (χ3v) is 4.42. The Morgan fingerprint density at radius 2 is 2.32 bits per heavy atom. The van der Waals surface area contributed by atoms with Crippen molar-refractivity contribution in [1.82, 2.24) is 10.6 Å². The molecule has 1 heterocycles. The van der Waals surface area contributed by atoms with Gasteiger partial charge < -0.3 is 15.7 Å². The summed E-state index contributed by atoms with van der Waals surface area (Å²) in [6.45, 7) is 2.58. The minimum Gasteiger partial charge on any atom is -0.394 e. The van der Waals surface area contributed by atoms with E-state index >= 15 is 0 Å². The Labute approximate surface area is 114 Å². The number of piperidine rings is 1. The topological polar surface area (TPSA) is 78.4 Å². The molecule has 5 heteroatoms. The maximum atomic E-state index is 12.3. The van der Waals surface area contributed by atoms with Crippen molar-refractivity contribution in [3.05, 3.63) is 0 Å². The zero-order chi connectivity index (χ0) is 13.9. The van der Waals surface area contributed by atoms with Crippen LogP contribution in [0, 0.1) is 11.8 Å². The summed E-state index contributed by atoms with van der Waals surface area (Å²) in [6.07, 6.45) is 4.92. The van der Waals surface area contributed by atoms with Gasteiger partial charge in [-0.1, -0.05) is 19.8 Å². The zero-order valence-corrected chi connectivity index (χ0v) is 11.6. The lowest BCUT2D eigenvalue weighted by Gasteiger charge is -2.40. The summed E-state index contributed by atoms with van der Waals surface area (Å²) in [5, 5.41) is 15.4. The van der Waals surface area contributed by atoms with E-state index in [1.807, 2.05) is 0 Å². The van der Waals surface area contributed by atoms with Crippen LogP contribution in [0.3, 0.4) is 0 Å². The van der Waals surface area contributed by atoms with Crippen LogP contribution in [0.1, 0.15) is 45.4 Å². The van der Waals surface area contributed by atoms with Gasteiger partial charge in [-0.2, -0.15) is 0 Å². The van der Waals surface area contributed by atoms with Gasteiger partial charge in [0.2, 0.25) is 11.8 Å². The highest BCUT2D eigenvalue weighted by atomic mass is 16.3. The second-order valence-corrected chi connectivity index (χ2v) is 6.17. The Bertz CT molecular complexity index is 349. The molecule has 0 bridgehead atoms. The molecule has 0 aromatic carbocycles. The molecule has 3 unspecified atom stereocenters. The van der Waals surface area contributed by atoms with Crippen LogP contribution in [0.5, 0.6) is 0 Å². The molecule has 0 radical (unpaired) electrons. The number of carbonyl (C=O) groups is 2. The monoisotopic (exact) mass is 268 g/mol. The first-order valence-electron chi connectivity index (χ1n) is 7.24. The van der Waals surface area contributed by atoms with Crippen molar-refractivity contribution in [3.8, 4) is 0 Å². The number of amides is 2. The lowest BCUT2D eigenvalue weighted by molar-refractivity contribution is -0.131. The predicted molar refractivity (Wildman–Crippen MR) is 71.3 cm³/mol. The summed E-state index contributed by atoms with van der Waals surface area (Å²) < 4.78 is 0. The third kappa shape index (κ3) is 3.47. The smallest absolute Gasteiger partial charge is 0.225 e. The summed E-state index contributed by atoms with van der Waals surface area (Å²) >= 11 is 0. The third-order valence-electron chi connectivity index (χ3n) is 4.42. The van der Waals surface area contributed by atoms with Crippen LogP contribution >= 0.6 is 0 Å². The highest BCUT2D eigenvalue weighted by molar-refractivity contribution is 5.84. The summed E-state index contributed by atoms with van der Waals surface area (Å²) in [5.41, 5.74) is -0.448. The van der Waals surface area contributed by atoms with E-state index in [1.165, 1.54) is 0 Å². The van der Waals surface area contributed by atoms with E-state index < -0.39 is 5.54 Å². The lowest BCUT2D eigenvalue weighted by atomic mass is 9.76. The van der Waals surface area contributed by atoms with E-state index in [2.05, 4.69) is 17.6 Å². The van der Waals surface area contributed by atoms with Crippen LogP contribution in [0.15, 0.2) is 0 Å². The van der Waals surface area contributed by atoms with Gasteiger partial charge in [-0.05, 0) is 25.2 Å². The van der Waals surface area contributed by atoms with Crippen molar-refractivity contribution in [1.29, 1.82) is 0 Å². The fraction of sp³-hybridized carbons (Fsp3) is 0.857. The maximum Gasteiger partial charge on any atom is 0.225 e. The van der Waals surface area contributed by atoms with Gasteiger partial charge in [0.15, 0.2) is 0 Å². The van der Waals surface area contributed by atoms with Crippen molar-refractivity contribution in [2.75, 3.05) is 13.2 Å². The number of carbonyl (C=O) groups excluding carboxylic acids is 2. The first kappa shape index (κ1) is 14.3. The first-order chi connectivity index (χ1) is 9.04. The average molecular weight is 268 g/mol. The molecular weight excluding hydrogens is 244 g/mol. The number of hydrogen-bond acceptors (Lipinski definition) is 3. The molecule has 2 rings (SSSR count). The van der Waals surface area contributed by atoms with Crippen LogP contribution in [0.4, 0.5) is 0 Å². The summed E-state index contributed by atoms with van der Waals surface area (Å²) in [5.74, 6) is 0.376. The number of hydrogen-bond donors (Lipinski definition) is 3. The van der Waals surface area contributed by atoms with E-state index in [1.54, 1.807) is 0 Å². The SMILES string of the molecule is CC1CCCC(CO)(NC(=O)C2CCC(=O)NC2)C1. The van der Waals surface area contributed by atoms with Crippen LogP contribution in [-0.4, -0.2) is 35.6 Å². The summed E-state index contributed by atoms with van der Waals surface area (Å²) in [4.78, 5) is 23.4. The Morgan fingerprint density at radius 1 is 1.53 bits per heavy atom. The molecule has 5 nitrogen and oxygen atoms in total. The second kappa shape index (κ2) is 5.90. The fourth-order valence-electron chi connectivity index (χ4n) is 3.28. The number of rotatable bonds is 3. The van der Waals surface area contributed by atoms with E-state index in [0.717, 1.165) is 25.7 Å². The Morgan fingerprint density at radius 3 is 2.89 bits per heavy atom. The molecule has 1 saturated carbocycles. The molecule has 1 aliphatic heterocycles. The summed E-state index contributed by atoms with van der Waals surface area (Å²) in [6, 6.07) is 0. The van der Waals surface area contributed by atoms with Gasteiger partial charge in [-0.25, -0.2) is 0 Å². The normalized spacial score (nSPS) is 35.6. The first-order valence-corrected chi connectivity index (χ1v) is 7.24. The van der Waals surface area contributed by atoms with Crippen LogP contribution < -0.4 is 10.6 Å². The molecular formula is C14H24N2O3. The standard InChI is InChI=1S/C14H24N2O3/c1-10-3-2-6-14(7-10,9-17)16-13(19)11-4-5-12(18)15-8-11/h10-11,17H,2-9H2,1H3,(H,15,18)(H,16,19). The Kier molecular flexibility index (Phi) is 4.45. The van der Waals surface area contributed by atoms with Gasteiger partial charge >= 0.3 is 0 Å². The molecule has 3 atom stereocenters. The van der Waals surface area contributed by atoms with Crippen LogP contribution in [0.25, 0.3) is 0 Å².